The van der Waals surface area contributed by atoms with Gasteiger partial charge in [-0.2, -0.15) is 0 Å². The maximum Gasteiger partial charge on any atom is 0.142 e. The van der Waals surface area contributed by atoms with E-state index in [1.54, 1.807) is 18.3 Å². The molecule has 72 valence electrons. The van der Waals surface area contributed by atoms with Gasteiger partial charge in [-0.1, -0.05) is 17.8 Å². The quantitative estimate of drug-likeness (QED) is 0.472. The molecular formula is C13H8OS. The molecule has 0 saturated carbocycles. The largest absolute Gasteiger partial charge is 0.359 e. The topological polar surface area (TPSA) is 12.5 Å². The minimum Gasteiger partial charge on any atom is -0.359 e. The van der Waals surface area contributed by atoms with E-state index < -0.39 is 0 Å². The van der Waals surface area contributed by atoms with Crippen molar-refractivity contribution >= 4 is 11.3 Å². The molecule has 0 aliphatic carbocycles. The average Bonchev–Trinajstić information content (AvgIpc) is 2.97. The van der Waals surface area contributed by atoms with Gasteiger partial charge >= 0.3 is 0 Å². The molecule has 0 aromatic carbocycles. The molecular weight excluding hydrogens is 204 g/mol. The molecule has 0 spiro atoms. The van der Waals surface area contributed by atoms with E-state index in [4.69, 9.17) is 4.74 Å². The summed E-state index contributed by atoms with van der Waals surface area (Å²) < 4.78 is 5.00. The SMILES string of the molecule is CC#CC#Cc1ccc(C#CC2CO2)s1. The minimum absolute atomic E-state index is 0.160. The lowest BCUT2D eigenvalue weighted by Crippen LogP contribution is -1.73. The smallest absolute Gasteiger partial charge is 0.142 e. The lowest BCUT2D eigenvalue weighted by Gasteiger charge is -1.75. The Hall–Kier alpha value is -1.66. The highest BCUT2D eigenvalue weighted by molar-refractivity contribution is 7.13. The molecule has 1 atom stereocenters. The van der Waals surface area contributed by atoms with Crippen molar-refractivity contribution in [2.45, 2.75) is 13.0 Å². The van der Waals surface area contributed by atoms with Crippen molar-refractivity contribution in [2.24, 2.45) is 0 Å². The van der Waals surface area contributed by atoms with Crippen LogP contribution in [0.4, 0.5) is 0 Å². The Labute approximate surface area is 93.5 Å². The molecule has 0 N–H and O–H groups in total. The minimum atomic E-state index is 0.160. The summed E-state index contributed by atoms with van der Waals surface area (Å²) in [4.78, 5) is 2.03. The summed E-state index contributed by atoms with van der Waals surface area (Å²) in [6, 6.07) is 3.94. The van der Waals surface area contributed by atoms with E-state index in [-0.39, 0.29) is 6.10 Å². The Kier molecular flexibility index (Phi) is 3.11. The zero-order chi connectivity index (χ0) is 10.5. The second-order valence-corrected chi connectivity index (χ2v) is 3.96. The van der Waals surface area contributed by atoms with Gasteiger partial charge < -0.3 is 4.74 Å². The van der Waals surface area contributed by atoms with Gasteiger partial charge in [-0.05, 0) is 36.8 Å². The Morgan fingerprint density at radius 2 is 2.00 bits per heavy atom. The third-order valence-corrected chi connectivity index (χ3v) is 2.59. The van der Waals surface area contributed by atoms with Gasteiger partial charge in [0.2, 0.25) is 0 Å². The first-order valence-corrected chi connectivity index (χ1v) is 5.36. The first kappa shape index (κ1) is 9.88. The van der Waals surface area contributed by atoms with Gasteiger partial charge in [-0.3, -0.25) is 0 Å². The number of rotatable bonds is 0. The van der Waals surface area contributed by atoms with Gasteiger partial charge in [0.25, 0.3) is 0 Å². The molecule has 2 rings (SSSR count). The van der Waals surface area contributed by atoms with Crippen molar-refractivity contribution in [2.75, 3.05) is 6.61 Å². The Bertz CT molecular complexity index is 530. The molecule has 1 aliphatic heterocycles. The van der Waals surface area contributed by atoms with Crippen LogP contribution >= 0.6 is 11.3 Å². The van der Waals surface area contributed by atoms with Crippen LogP contribution < -0.4 is 0 Å². The Morgan fingerprint density at radius 3 is 2.67 bits per heavy atom. The third-order valence-electron chi connectivity index (χ3n) is 1.67. The maximum absolute atomic E-state index is 5.00. The number of epoxide rings is 1. The van der Waals surface area contributed by atoms with Gasteiger partial charge in [0, 0.05) is 0 Å². The van der Waals surface area contributed by atoms with Crippen LogP contribution in [0, 0.1) is 35.5 Å². The zero-order valence-electron chi connectivity index (χ0n) is 8.26. The van der Waals surface area contributed by atoms with E-state index in [2.05, 4.69) is 35.5 Å². The highest BCUT2D eigenvalue weighted by Crippen LogP contribution is 2.14. The van der Waals surface area contributed by atoms with Crippen molar-refractivity contribution in [3.05, 3.63) is 21.9 Å². The molecule has 0 amide bonds. The first-order valence-electron chi connectivity index (χ1n) is 4.54. The van der Waals surface area contributed by atoms with Crippen molar-refractivity contribution in [3.63, 3.8) is 0 Å². The van der Waals surface area contributed by atoms with Gasteiger partial charge in [0.05, 0.1) is 16.4 Å². The molecule has 0 radical (unpaired) electrons. The molecule has 1 aromatic heterocycles. The molecule has 15 heavy (non-hydrogen) atoms. The molecule has 1 nitrogen and oxygen atoms in total. The fourth-order valence-corrected chi connectivity index (χ4v) is 1.63. The van der Waals surface area contributed by atoms with E-state index >= 15 is 0 Å². The average molecular weight is 212 g/mol. The van der Waals surface area contributed by atoms with E-state index in [1.807, 2.05) is 12.1 Å². The number of ether oxygens (including phenoxy) is 1. The van der Waals surface area contributed by atoms with Gasteiger partial charge in [0.1, 0.15) is 6.10 Å². The van der Waals surface area contributed by atoms with Crippen LogP contribution in [-0.2, 0) is 4.74 Å². The molecule has 1 fully saturated rings. The van der Waals surface area contributed by atoms with Gasteiger partial charge in [0.15, 0.2) is 0 Å². The van der Waals surface area contributed by atoms with E-state index in [0.717, 1.165) is 16.4 Å². The van der Waals surface area contributed by atoms with E-state index in [9.17, 15) is 0 Å². The summed E-state index contributed by atoms with van der Waals surface area (Å²) in [5, 5.41) is 0. The lowest BCUT2D eigenvalue weighted by molar-refractivity contribution is 0.445. The number of hydrogen-bond acceptors (Lipinski definition) is 2. The highest BCUT2D eigenvalue weighted by Gasteiger charge is 2.18. The standard InChI is InChI=1S/C13H8OS/c1-2-3-4-5-12-8-9-13(15-12)7-6-11-10-14-11/h8-9,11H,10H2,1H3. The van der Waals surface area contributed by atoms with Crippen molar-refractivity contribution in [3.8, 4) is 35.5 Å². The van der Waals surface area contributed by atoms with Crippen LogP contribution in [0.3, 0.4) is 0 Å². The predicted octanol–water partition coefficient (Wildman–Crippen LogP) is 1.87. The van der Waals surface area contributed by atoms with Crippen molar-refractivity contribution < 1.29 is 4.74 Å². The number of thiophene rings is 1. The second kappa shape index (κ2) is 4.72. The van der Waals surface area contributed by atoms with Crippen LogP contribution in [0.5, 0.6) is 0 Å². The van der Waals surface area contributed by atoms with Crippen LogP contribution in [0.1, 0.15) is 16.7 Å². The molecule has 2 heteroatoms. The third kappa shape index (κ3) is 3.19. The molecule has 1 aromatic rings. The molecule has 2 heterocycles. The van der Waals surface area contributed by atoms with Gasteiger partial charge in [-0.15, -0.1) is 11.3 Å². The van der Waals surface area contributed by atoms with E-state index in [1.165, 1.54) is 0 Å². The zero-order valence-corrected chi connectivity index (χ0v) is 9.07. The summed E-state index contributed by atoms with van der Waals surface area (Å²) in [5.74, 6) is 17.2. The van der Waals surface area contributed by atoms with Crippen LogP contribution in [0.2, 0.25) is 0 Å². The summed E-state index contributed by atoms with van der Waals surface area (Å²) >= 11 is 1.58. The summed E-state index contributed by atoms with van der Waals surface area (Å²) in [6.07, 6.45) is 0.160. The summed E-state index contributed by atoms with van der Waals surface area (Å²) in [5.41, 5.74) is 0. The summed E-state index contributed by atoms with van der Waals surface area (Å²) in [7, 11) is 0. The van der Waals surface area contributed by atoms with Gasteiger partial charge in [-0.25, -0.2) is 0 Å². The summed E-state index contributed by atoms with van der Waals surface area (Å²) in [6.45, 7) is 2.55. The molecule has 1 saturated heterocycles. The predicted molar refractivity (Wildman–Crippen MR) is 61.3 cm³/mol. The Morgan fingerprint density at radius 1 is 1.27 bits per heavy atom. The van der Waals surface area contributed by atoms with Crippen LogP contribution in [-0.4, -0.2) is 12.7 Å². The highest BCUT2D eigenvalue weighted by atomic mass is 32.1. The van der Waals surface area contributed by atoms with E-state index in [0.29, 0.717) is 0 Å². The van der Waals surface area contributed by atoms with Crippen molar-refractivity contribution in [1.29, 1.82) is 0 Å². The normalized spacial score (nSPS) is 16.2. The first-order chi connectivity index (χ1) is 7.38. The lowest BCUT2D eigenvalue weighted by atomic mass is 10.4. The maximum atomic E-state index is 5.00. The molecule has 1 unspecified atom stereocenters. The Balaban J connectivity index is 2.07. The van der Waals surface area contributed by atoms with Crippen LogP contribution in [0.15, 0.2) is 12.1 Å². The second-order valence-electron chi connectivity index (χ2n) is 2.88. The fourth-order valence-electron chi connectivity index (χ4n) is 0.911. The van der Waals surface area contributed by atoms with Crippen LogP contribution in [0.25, 0.3) is 0 Å². The van der Waals surface area contributed by atoms with Crippen molar-refractivity contribution in [1.82, 2.24) is 0 Å². The number of hydrogen-bond donors (Lipinski definition) is 0. The molecule has 1 aliphatic rings. The fraction of sp³-hybridized carbons (Fsp3) is 0.231. The molecule has 0 bridgehead atoms. The monoisotopic (exact) mass is 212 g/mol.